The monoisotopic (exact) mass is 372 g/mol. The van der Waals surface area contributed by atoms with E-state index < -0.39 is 0 Å². The summed E-state index contributed by atoms with van der Waals surface area (Å²) in [5.41, 5.74) is 1.15. The van der Waals surface area contributed by atoms with Crippen molar-refractivity contribution in [2.75, 3.05) is 26.2 Å². The molecular formula is C21H28N2O4. The van der Waals surface area contributed by atoms with Gasteiger partial charge in [-0.2, -0.15) is 0 Å². The van der Waals surface area contributed by atoms with Crippen LogP contribution in [-0.2, 0) is 27.5 Å². The Bertz CT molecular complexity index is 734. The number of nitrogens with zero attached hydrogens (tertiary/aromatic N) is 2. The third-order valence-corrected chi connectivity index (χ3v) is 5.08. The van der Waals surface area contributed by atoms with Crippen LogP contribution in [0.5, 0.6) is 0 Å². The summed E-state index contributed by atoms with van der Waals surface area (Å²) in [4.78, 5) is 28.1. The predicted molar refractivity (Wildman–Crippen MR) is 102 cm³/mol. The normalized spacial score (nSPS) is 20.9. The molecule has 2 heterocycles. The number of furan rings is 1. The van der Waals surface area contributed by atoms with E-state index in [0.717, 1.165) is 50.4 Å². The highest BCUT2D eigenvalue weighted by Gasteiger charge is 2.26. The van der Waals surface area contributed by atoms with Crippen molar-refractivity contribution in [3.63, 3.8) is 0 Å². The molecule has 2 aliphatic rings. The summed E-state index contributed by atoms with van der Waals surface area (Å²) in [5.74, 6) is 1.30. The van der Waals surface area contributed by atoms with Gasteiger partial charge in [0.2, 0.25) is 5.91 Å². The summed E-state index contributed by atoms with van der Waals surface area (Å²) in [6.45, 7) is 7.57. The maximum Gasteiger partial charge on any atom is 0.303 e. The topological polar surface area (TPSA) is 63.0 Å². The summed E-state index contributed by atoms with van der Waals surface area (Å²) in [6.07, 6.45) is 8.12. The number of carbonyl (C=O) groups excluding carboxylic acids is 2. The number of carbonyl (C=O) groups is 2. The number of ether oxygens (including phenoxy) is 1. The lowest BCUT2D eigenvalue weighted by atomic mass is 9.93. The van der Waals surface area contributed by atoms with Crippen LogP contribution in [0.3, 0.4) is 0 Å². The Morgan fingerprint density at radius 1 is 1.19 bits per heavy atom. The Balaban J connectivity index is 1.52. The van der Waals surface area contributed by atoms with E-state index in [-0.39, 0.29) is 24.4 Å². The van der Waals surface area contributed by atoms with Crippen LogP contribution in [0.2, 0.25) is 0 Å². The van der Waals surface area contributed by atoms with Gasteiger partial charge in [0.15, 0.2) is 0 Å². The number of hydrogen-bond donors (Lipinski definition) is 0. The molecule has 1 unspecified atom stereocenters. The van der Waals surface area contributed by atoms with Gasteiger partial charge in [0.25, 0.3) is 0 Å². The van der Waals surface area contributed by atoms with Crippen LogP contribution in [0.25, 0.3) is 0 Å². The summed E-state index contributed by atoms with van der Waals surface area (Å²) >= 11 is 0. The molecular weight excluding hydrogens is 344 g/mol. The SMILES string of the molecule is CC(=O)OCc1ccc(CN2CCCN(C(=O)C3C=CCC=C3C)CC2)o1. The summed E-state index contributed by atoms with van der Waals surface area (Å²) < 4.78 is 10.7. The standard InChI is InChI=1S/C21H28N2O4/c1-16-6-3-4-7-20(16)21(25)23-11-5-10-22(12-13-23)14-18-8-9-19(27-18)15-26-17(2)24/h4,6-9,20H,3,5,10-15H2,1-2H3. The van der Waals surface area contributed by atoms with E-state index in [1.165, 1.54) is 6.92 Å². The highest BCUT2D eigenvalue weighted by atomic mass is 16.5. The molecule has 0 spiro atoms. The van der Waals surface area contributed by atoms with Crippen LogP contribution in [-0.4, -0.2) is 47.9 Å². The van der Waals surface area contributed by atoms with Gasteiger partial charge in [-0.05, 0) is 31.9 Å². The van der Waals surface area contributed by atoms with E-state index in [1.54, 1.807) is 0 Å². The molecule has 1 fully saturated rings. The molecule has 6 heteroatoms. The van der Waals surface area contributed by atoms with Crippen LogP contribution >= 0.6 is 0 Å². The zero-order valence-corrected chi connectivity index (χ0v) is 16.1. The van der Waals surface area contributed by atoms with Gasteiger partial charge in [0.1, 0.15) is 18.1 Å². The minimum atomic E-state index is -0.317. The molecule has 1 amide bonds. The maximum atomic E-state index is 12.9. The quantitative estimate of drug-likeness (QED) is 0.587. The molecule has 146 valence electrons. The highest BCUT2D eigenvalue weighted by Crippen LogP contribution is 2.22. The average Bonchev–Trinajstić information content (AvgIpc) is 2.96. The van der Waals surface area contributed by atoms with Crippen LogP contribution in [0.1, 0.15) is 38.2 Å². The molecule has 0 aromatic carbocycles. The fourth-order valence-electron chi connectivity index (χ4n) is 3.55. The Morgan fingerprint density at radius 3 is 2.78 bits per heavy atom. The molecule has 1 aromatic rings. The molecule has 0 radical (unpaired) electrons. The number of esters is 1. The summed E-state index contributed by atoms with van der Waals surface area (Å²) in [7, 11) is 0. The van der Waals surface area contributed by atoms with Crippen LogP contribution in [0, 0.1) is 5.92 Å². The molecule has 27 heavy (non-hydrogen) atoms. The molecule has 1 aromatic heterocycles. The minimum Gasteiger partial charge on any atom is -0.461 e. The van der Waals surface area contributed by atoms with Crippen molar-refractivity contribution in [3.8, 4) is 0 Å². The van der Waals surface area contributed by atoms with Gasteiger partial charge >= 0.3 is 5.97 Å². The van der Waals surface area contributed by atoms with Crippen molar-refractivity contribution in [1.29, 1.82) is 0 Å². The Labute approximate surface area is 160 Å². The van der Waals surface area contributed by atoms with Crippen molar-refractivity contribution < 1.29 is 18.7 Å². The second kappa shape index (κ2) is 9.04. The number of hydrogen-bond acceptors (Lipinski definition) is 5. The van der Waals surface area contributed by atoms with E-state index in [1.807, 2.05) is 30.0 Å². The smallest absolute Gasteiger partial charge is 0.303 e. The lowest BCUT2D eigenvalue weighted by Gasteiger charge is -2.26. The zero-order chi connectivity index (χ0) is 19.2. The first-order valence-electron chi connectivity index (χ1n) is 9.58. The molecule has 6 nitrogen and oxygen atoms in total. The second-order valence-electron chi connectivity index (χ2n) is 7.19. The van der Waals surface area contributed by atoms with E-state index in [4.69, 9.17) is 9.15 Å². The number of amides is 1. The molecule has 1 aliphatic carbocycles. The van der Waals surface area contributed by atoms with E-state index in [9.17, 15) is 9.59 Å². The lowest BCUT2D eigenvalue weighted by molar-refractivity contribution is -0.142. The second-order valence-corrected chi connectivity index (χ2v) is 7.19. The number of rotatable bonds is 5. The molecule has 1 aliphatic heterocycles. The van der Waals surface area contributed by atoms with Crippen molar-refractivity contribution in [1.82, 2.24) is 9.80 Å². The average molecular weight is 372 g/mol. The van der Waals surface area contributed by atoms with Crippen LogP contribution < -0.4 is 0 Å². The van der Waals surface area contributed by atoms with Crippen molar-refractivity contribution >= 4 is 11.9 Å². The van der Waals surface area contributed by atoms with Gasteiger partial charge in [0, 0.05) is 33.1 Å². The summed E-state index contributed by atoms with van der Waals surface area (Å²) in [6, 6.07) is 3.77. The molecule has 3 rings (SSSR count). The van der Waals surface area contributed by atoms with Gasteiger partial charge in [-0.3, -0.25) is 14.5 Å². The zero-order valence-electron chi connectivity index (χ0n) is 16.1. The highest BCUT2D eigenvalue weighted by molar-refractivity contribution is 5.83. The molecule has 0 saturated carbocycles. The first-order valence-corrected chi connectivity index (χ1v) is 9.58. The minimum absolute atomic E-state index is 0.0980. The fourth-order valence-corrected chi connectivity index (χ4v) is 3.55. The van der Waals surface area contributed by atoms with Gasteiger partial charge in [-0.1, -0.05) is 23.8 Å². The molecule has 1 saturated heterocycles. The first-order chi connectivity index (χ1) is 13.0. The van der Waals surface area contributed by atoms with Gasteiger partial charge in [-0.15, -0.1) is 0 Å². The first kappa shape index (κ1) is 19.4. The Morgan fingerprint density at radius 2 is 2.00 bits per heavy atom. The third-order valence-electron chi connectivity index (χ3n) is 5.08. The van der Waals surface area contributed by atoms with Crippen LogP contribution in [0.15, 0.2) is 40.4 Å². The van der Waals surface area contributed by atoms with E-state index >= 15 is 0 Å². The predicted octanol–water partition coefficient (Wildman–Crippen LogP) is 2.90. The molecule has 1 atom stereocenters. The van der Waals surface area contributed by atoms with E-state index in [0.29, 0.717) is 12.3 Å². The maximum absolute atomic E-state index is 12.9. The third kappa shape index (κ3) is 5.32. The van der Waals surface area contributed by atoms with Crippen molar-refractivity contribution in [2.24, 2.45) is 5.92 Å². The van der Waals surface area contributed by atoms with Gasteiger partial charge < -0.3 is 14.1 Å². The Hall–Kier alpha value is -2.34. The summed E-state index contributed by atoms with van der Waals surface area (Å²) in [5, 5.41) is 0. The van der Waals surface area contributed by atoms with Gasteiger partial charge in [0.05, 0.1) is 12.5 Å². The van der Waals surface area contributed by atoms with E-state index in [2.05, 4.69) is 17.1 Å². The lowest BCUT2D eigenvalue weighted by Crippen LogP contribution is -2.39. The molecule has 0 bridgehead atoms. The Kier molecular flexibility index (Phi) is 6.50. The van der Waals surface area contributed by atoms with Crippen molar-refractivity contribution in [2.45, 2.75) is 39.8 Å². The number of allylic oxidation sites excluding steroid dienone is 2. The van der Waals surface area contributed by atoms with Gasteiger partial charge in [-0.25, -0.2) is 0 Å². The van der Waals surface area contributed by atoms with Crippen molar-refractivity contribution in [3.05, 3.63) is 47.5 Å². The largest absolute Gasteiger partial charge is 0.461 e. The fraction of sp³-hybridized carbons (Fsp3) is 0.524. The van der Waals surface area contributed by atoms with Crippen LogP contribution in [0.4, 0.5) is 0 Å². The molecule has 0 N–H and O–H groups in total.